The summed E-state index contributed by atoms with van der Waals surface area (Å²) in [7, 11) is 0. The molecule has 1 aliphatic rings. The van der Waals surface area contributed by atoms with Crippen LogP contribution < -0.4 is 11.5 Å². The third-order valence-corrected chi connectivity index (χ3v) is 0.747. The Balaban J connectivity index is 0. The van der Waals surface area contributed by atoms with Gasteiger partial charge in [-0.2, -0.15) is 0 Å². The summed E-state index contributed by atoms with van der Waals surface area (Å²) in [4.78, 5) is 0. The lowest BCUT2D eigenvalue weighted by molar-refractivity contribution is 0.385. The number of nitrogens with two attached hydrogens (primary N) is 2. The summed E-state index contributed by atoms with van der Waals surface area (Å²) in [5, 5.41) is 0. The summed E-state index contributed by atoms with van der Waals surface area (Å²) in [6, 6.07) is -6.34. The van der Waals surface area contributed by atoms with Crippen molar-refractivity contribution in [3.8, 4) is 0 Å². The normalized spacial score (nSPS) is 81.4. The Morgan fingerprint density at radius 2 is 1.40 bits per heavy atom. The van der Waals surface area contributed by atoms with E-state index in [0.717, 1.165) is 0 Å². The Hall–Kier alpha value is 0.500. The van der Waals surface area contributed by atoms with Crippen molar-refractivity contribution in [2.45, 2.75) is 37.5 Å². The zero-order valence-corrected chi connectivity index (χ0v) is 6.60. The summed E-state index contributed by atoms with van der Waals surface area (Å²) in [5.74, 6) is 0. The van der Waals surface area contributed by atoms with Gasteiger partial charge in [0.2, 0.25) is 0 Å². The second kappa shape index (κ2) is 6.23. The monoisotopic (exact) mass is 196 g/mol. The highest BCUT2D eigenvalue weighted by Crippen LogP contribution is 2.14. The van der Waals surface area contributed by atoms with Crippen LogP contribution in [0.25, 0.3) is 0 Å². The highest BCUT2D eigenvalue weighted by Gasteiger charge is 2.16. The molecule has 0 aliphatic heterocycles. The Kier molecular flexibility index (Phi) is 1.72. The molecular formula is C6H16Cl2N2. The molecule has 0 aromatic heterocycles. The molecule has 0 saturated heterocycles. The van der Waals surface area contributed by atoms with Gasteiger partial charge in [-0.15, -0.1) is 24.8 Å². The van der Waals surface area contributed by atoms with Crippen LogP contribution in [-0.2, 0) is 0 Å². The highest BCUT2D eigenvalue weighted by molar-refractivity contribution is 5.85. The minimum absolute atomic E-state index is 0. The zero-order valence-electron chi connectivity index (χ0n) is 15.0. The average molecular weight is 197 g/mol. The van der Waals surface area contributed by atoms with Crippen molar-refractivity contribution < 1.29 is 13.7 Å². The van der Waals surface area contributed by atoms with Crippen molar-refractivity contribution in [1.82, 2.24) is 0 Å². The zero-order chi connectivity index (χ0) is 15.0. The minimum Gasteiger partial charge on any atom is -0.326 e. The topological polar surface area (TPSA) is 52.0 Å². The highest BCUT2D eigenvalue weighted by atomic mass is 35.5. The van der Waals surface area contributed by atoms with Gasteiger partial charge in [-0.1, -0.05) is 12.7 Å². The van der Waals surface area contributed by atoms with Crippen LogP contribution in [0.3, 0.4) is 0 Å². The molecule has 64 valence electrons. The van der Waals surface area contributed by atoms with Gasteiger partial charge in [0.15, 0.2) is 0 Å². The summed E-state index contributed by atoms with van der Waals surface area (Å²) in [6.07, 6.45) is -13.6. The Morgan fingerprint density at radius 3 is 1.70 bits per heavy atom. The molecule has 0 spiro atoms. The first-order chi connectivity index (χ1) is 7.50. The maximum absolute atomic E-state index is 7.56. The summed E-state index contributed by atoms with van der Waals surface area (Å²) < 4.78 is 74.9. The SMILES string of the molecule is Cl.Cl.[2H]C1([2H])C([2H])([2H])C([2H])([2H])C([2H])(N)C([2H])(N)C1([2H])[2H]. The molecule has 2 nitrogen and oxygen atoms in total. The van der Waals surface area contributed by atoms with Crippen LogP contribution in [0.15, 0.2) is 0 Å². The summed E-state index contributed by atoms with van der Waals surface area (Å²) >= 11 is 0. The van der Waals surface area contributed by atoms with Crippen molar-refractivity contribution in [2.75, 3.05) is 0 Å². The predicted octanol–water partition coefficient (Wildman–Crippen LogP) is 1.06. The standard InChI is InChI=1S/C6H14N2.2ClH/c7-5-3-1-2-4-6(5)8;;/h5-6H,1-4,7-8H2;2*1H/i1D2,2D2,3D2,4D2,5D,6D;;. The van der Waals surface area contributed by atoms with Gasteiger partial charge >= 0.3 is 0 Å². The molecule has 0 radical (unpaired) electrons. The number of hydrogen-bond donors (Lipinski definition) is 2. The van der Waals surface area contributed by atoms with Crippen LogP contribution in [-0.4, -0.2) is 12.0 Å². The van der Waals surface area contributed by atoms with E-state index in [0.29, 0.717) is 0 Å². The van der Waals surface area contributed by atoms with Gasteiger partial charge in [-0.3, -0.25) is 0 Å². The first-order valence-corrected chi connectivity index (χ1v) is 2.08. The summed E-state index contributed by atoms with van der Waals surface area (Å²) in [5.41, 5.74) is 10.5. The van der Waals surface area contributed by atoms with Crippen LogP contribution in [0.4, 0.5) is 0 Å². The van der Waals surface area contributed by atoms with E-state index in [2.05, 4.69) is 0 Å². The molecule has 0 bridgehead atoms. The molecular weight excluding hydrogens is 171 g/mol. The van der Waals surface area contributed by atoms with Crippen LogP contribution in [0.1, 0.15) is 39.2 Å². The molecule has 0 aromatic rings. The van der Waals surface area contributed by atoms with Gasteiger partial charge in [0.1, 0.15) is 0 Å². The van der Waals surface area contributed by atoms with Crippen LogP contribution in [0.5, 0.6) is 0 Å². The third-order valence-electron chi connectivity index (χ3n) is 0.747. The molecule has 0 aromatic carbocycles. The average Bonchev–Trinajstić information content (AvgIpc) is 2.14. The first-order valence-electron chi connectivity index (χ1n) is 7.08. The molecule has 4 N–H and O–H groups in total. The molecule has 1 fully saturated rings. The second-order valence-corrected chi connectivity index (χ2v) is 1.33. The van der Waals surface area contributed by atoms with E-state index in [1.807, 2.05) is 0 Å². The van der Waals surface area contributed by atoms with E-state index in [1.54, 1.807) is 0 Å². The number of halogens is 2. The lowest BCUT2D eigenvalue weighted by Gasteiger charge is -2.24. The van der Waals surface area contributed by atoms with Gasteiger partial charge < -0.3 is 11.5 Å². The van der Waals surface area contributed by atoms with Crippen LogP contribution in [0.2, 0.25) is 0 Å². The molecule has 10 heavy (non-hydrogen) atoms. The van der Waals surface area contributed by atoms with E-state index in [4.69, 9.17) is 25.2 Å². The molecule has 2 unspecified atom stereocenters. The quantitative estimate of drug-likeness (QED) is 0.610. The van der Waals surface area contributed by atoms with Crippen molar-refractivity contribution >= 4 is 24.8 Å². The second-order valence-electron chi connectivity index (χ2n) is 1.33. The molecule has 1 aliphatic carbocycles. The Labute approximate surface area is 88.6 Å². The third kappa shape index (κ3) is 3.62. The van der Waals surface area contributed by atoms with E-state index in [-0.39, 0.29) is 24.8 Å². The Morgan fingerprint density at radius 1 is 1.10 bits per heavy atom. The smallest absolute Gasteiger partial charge is 0.0479 e. The van der Waals surface area contributed by atoms with E-state index in [1.165, 1.54) is 0 Å². The lowest BCUT2D eigenvalue weighted by atomic mass is 9.92. The van der Waals surface area contributed by atoms with Crippen molar-refractivity contribution in [1.29, 1.82) is 0 Å². The van der Waals surface area contributed by atoms with E-state index in [9.17, 15) is 0 Å². The lowest BCUT2D eigenvalue weighted by Crippen LogP contribution is -2.43. The molecule has 0 amide bonds. The number of rotatable bonds is 0. The Bertz CT molecular complexity index is 265. The predicted molar refractivity (Wildman–Crippen MR) is 48.9 cm³/mol. The van der Waals surface area contributed by atoms with Crippen molar-refractivity contribution in [3.05, 3.63) is 0 Å². The molecule has 1 rings (SSSR count). The maximum atomic E-state index is 7.56. The number of hydrogen-bond acceptors (Lipinski definition) is 2. The summed E-state index contributed by atoms with van der Waals surface area (Å²) in [6.45, 7) is 0. The van der Waals surface area contributed by atoms with Crippen molar-refractivity contribution in [3.63, 3.8) is 0 Å². The van der Waals surface area contributed by atoms with Gasteiger partial charge in [-0.05, 0) is 12.7 Å². The van der Waals surface area contributed by atoms with Gasteiger partial charge in [0.05, 0.1) is 0 Å². The van der Waals surface area contributed by atoms with Gasteiger partial charge in [0.25, 0.3) is 0 Å². The van der Waals surface area contributed by atoms with Crippen LogP contribution >= 0.6 is 24.8 Å². The van der Waals surface area contributed by atoms with Crippen molar-refractivity contribution in [2.24, 2.45) is 11.5 Å². The largest absolute Gasteiger partial charge is 0.326 e. The van der Waals surface area contributed by atoms with E-state index < -0.39 is 37.5 Å². The minimum atomic E-state index is -3.43. The fourth-order valence-electron chi connectivity index (χ4n) is 0.332. The van der Waals surface area contributed by atoms with Gasteiger partial charge in [-0.25, -0.2) is 0 Å². The fraction of sp³-hybridized carbons (Fsp3) is 1.00. The molecule has 0 heterocycles. The maximum Gasteiger partial charge on any atom is 0.0479 e. The van der Waals surface area contributed by atoms with E-state index >= 15 is 0 Å². The molecule has 4 heteroatoms. The fourth-order valence-corrected chi connectivity index (χ4v) is 0.332. The first kappa shape index (κ1) is 2.77. The van der Waals surface area contributed by atoms with Crippen LogP contribution in [0, 0.1) is 0 Å². The molecule has 2 atom stereocenters. The molecule has 1 saturated carbocycles. The van der Waals surface area contributed by atoms with Gasteiger partial charge in [0, 0.05) is 25.7 Å².